The molecule has 8 heteroatoms. The minimum Gasteiger partial charge on any atom is -0.309 e. The van der Waals surface area contributed by atoms with Gasteiger partial charge in [-0.1, -0.05) is 48.5 Å². The van der Waals surface area contributed by atoms with Gasteiger partial charge in [0.2, 0.25) is 0 Å². The number of nitrogens with one attached hydrogen (secondary N) is 1. The van der Waals surface area contributed by atoms with Crippen LogP contribution in [0.4, 0.5) is 0 Å². The number of aryl methyl sites for hydroxylation is 1. The molecule has 0 amide bonds. The lowest BCUT2D eigenvalue weighted by atomic mass is 10.1. The van der Waals surface area contributed by atoms with Gasteiger partial charge >= 0.3 is 0 Å². The Bertz CT molecular complexity index is 1180. The molecule has 1 N–H and O–H groups in total. The highest BCUT2D eigenvalue weighted by atomic mass is 32.2. The van der Waals surface area contributed by atoms with Gasteiger partial charge < -0.3 is 9.55 Å². The lowest BCUT2D eigenvalue weighted by molar-refractivity contribution is 0.591. The van der Waals surface area contributed by atoms with Crippen LogP contribution in [0.3, 0.4) is 0 Å². The van der Waals surface area contributed by atoms with Gasteiger partial charge in [0.05, 0.1) is 11.1 Å². The molecule has 0 fully saturated rings. The summed E-state index contributed by atoms with van der Waals surface area (Å²) in [5.41, 5.74) is 1.89. The highest BCUT2D eigenvalue weighted by Gasteiger charge is 2.17. The molecule has 4 aromatic rings. The summed E-state index contributed by atoms with van der Waals surface area (Å²) in [6.45, 7) is 0.971. The van der Waals surface area contributed by atoms with Crippen LogP contribution < -0.4 is 5.56 Å². The first-order valence-corrected chi connectivity index (χ1v) is 11.3. The molecule has 1 aliphatic heterocycles. The molecular formula is C20H19N5OS2. The Morgan fingerprint density at radius 1 is 1.14 bits per heavy atom. The second kappa shape index (κ2) is 7.52. The predicted molar refractivity (Wildman–Crippen MR) is 113 cm³/mol. The minimum atomic E-state index is -0.0826. The predicted octanol–water partition coefficient (Wildman–Crippen LogP) is 4.26. The van der Waals surface area contributed by atoms with Crippen LogP contribution in [-0.2, 0) is 18.7 Å². The first-order valence-electron chi connectivity index (χ1n) is 9.40. The van der Waals surface area contributed by atoms with Crippen LogP contribution in [0.15, 0.2) is 45.7 Å². The average molecular weight is 410 g/mol. The molecule has 28 heavy (non-hydrogen) atoms. The van der Waals surface area contributed by atoms with Gasteiger partial charge in [-0.2, -0.15) is 0 Å². The van der Waals surface area contributed by atoms with Crippen molar-refractivity contribution >= 4 is 33.3 Å². The van der Waals surface area contributed by atoms with E-state index in [1.165, 1.54) is 24.2 Å². The number of fused-ring (bicyclic) bond motifs is 2. The van der Waals surface area contributed by atoms with Gasteiger partial charge in [-0.25, -0.2) is 4.98 Å². The van der Waals surface area contributed by atoms with E-state index < -0.39 is 0 Å². The number of hydrogen-bond donors (Lipinski definition) is 1. The molecule has 142 valence electrons. The molecule has 1 aliphatic rings. The third-order valence-electron chi connectivity index (χ3n) is 4.99. The molecule has 0 unspecified atom stereocenters. The van der Waals surface area contributed by atoms with E-state index in [0.29, 0.717) is 17.0 Å². The van der Waals surface area contributed by atoms with Crippen LogP contribution in [0.1, 0.15) is 30.9 Å². The molecule has 0 radical (unpaired) electrons. The zero-order chi connectivity index (χ0) is 18.9. The van der Waals surface area contributed by atoms with Crippen molar-refractivity contribution in [2.45, 2.75) is 43.1 Å². The van der Waals surface area contributed by atoms with Crippen molar-refractivity contribution < 1.29 is 0 Å². The molecule has 3 aromatic heterocycles. The van der Waals surface area contributed by atoms with Gasteiger partial charge in [0.15, 0.2) is 5.16 Å². The molecule has 0 atom stereocenters. The standard InChI is InChI=1S/C20H19N5OS2/c26-18-17-14(13-7-3-1-4-8-13)11-27-19(17)22-15(21-18)12-28-20-24-23-16-9-5-2-6-10-25(16)20/h1,3-4,7-8,11H,2,5-6,9-10,12H2,(H,21,22,26). The molecule has 6 nitrogen and oxygen atoms in total. The summed E-state index contributed by atoms with van der Waals surface area (Å²) in [5, 5.41) is 12.3. The summed E-state index contributed by atoms with van der Waals surface area (Å²) < 4.78 is 2.22. The fourth-order valence-corrected chi connectivity index (χ4v) is 5.41. The quantitative estimate of drug-likeness (QED) is 0.510. The number of H-pyrrole nitrogens is 1. The Kier molecular flexibility index (Phi) is 4.74. The van der Waals surface area contributed by atoms with Gasteiger partial charge in [-0.15, -0.1) is 21.5 Å². The fraction of sp³-hybridized carbons (Fsp3) is 0.300. The molecule has 1 aromatic carbocycles. The highest BCUT2D eigenvalue weighted by Crippen LogP contribution is 2.31. The molecule has 0 aliphatic carbocycles. The smallest absolute Gasteiger partial charge is 0.260 e. The van der Waals surface area contributed by atoms with Crippen LogP contribution in [0, 0.1) is 0 Å². The molecule has 0 spiro atoms. The number of thioether (sulfide) groups is 1. The highest BCUT2D eigenvalue weighted by molar-refractivity contribution is 7.98. The Balaban J connectivity index is 1.42. The van der Waals surface area contributed by atoms with Gasteiger partial charge in [0.25, 0.3) is 5.56 Å². The molecule has 4 heterocycles. The van der Waals surface area contributed by atoms with E-state index in [1.54, 1.807) is 11.8 Å². The number of benzene rings is 1. The molecule has 0 bridgehead atoms. The zero-order valence-electron chi connectivity index (χ0n) is 15.2. The Labute approximate surface area is 170 Å². The Morgan fingerprint density at radius 3 is 2.93 bits per heavy atom. The van der Waals surface area contributed by atoms with Crippen molar-refractivity contribution in [3.05, 3.63) is 57.7 Å². The van der Waals surface area contributed by atoms with Gasteiger partial charge in [0, 0.05) is 23.9 Å². The van der Waals surface area contributed by atoms with Crippen LogP contribution in [0.25, 0.3) is 21.3 Å². The fourth-order valence-electron chi connectivity index (χ4n) is 3.59. The van der Waals surface area contributed by atoms with Crippen molar-refractivity contribution in [1.82, 2.24) is 24.7 Å². The van der Waals surface area contributed by atoms with Crippen LogP contribution in [-0.4, -0.2) is 24.7 Å². The SMILES string of the molecule is O=c1[nH]c(CSc2nnc3n2CCCCC3)nc2scc(-c3ccccc3)c12. The van der Waals surface area contributed by atoms with Gasteiger partial charge in [-0.05, 0) is 18.4 Å². The van der Waals surface area contributed by atoms with Crippen LogP contribution in [0.5, 0.6) is 0 Å². The summed E-state index contributed by atoms with van der Waals surface area (Å²) in [6.07, 6.45) is 4.57. The van der Waals surface area contributed by atoms with E-state index in [4.69, 9.17) is 4.98 Å². The number of hydrogen-bond acceptors (Lipinski definition) is 6. The summed E-state index contributed by atoms with van der Waals surface area (Å²) >= 11 is 3.10. The molecular weight excluding hydrogens is 390 g/mol. The largest absolute Gasteiger partial charge is 0.309 e. The second-order valence-electron chi connectivity index (χ2n) is 6.86. The lowest BCUT2D eigenvalue weighted by Gasteiger charge is -2.06. The van der Waals surface area contributed by atoms with Crippen molar-refractivity contribution in [1.29, 1.82) is 0 Å². The van der Waals surface area contributed by atoms with Crippen molar-refractivity contribution in [2.75, 3.05) is 0 Å². The second-order valence-corrected chi connectivity index (χ2v) is 8.66. The van der Waals surface area contributed by atoms with E-state index in [2.05, 4.69) is 19.7 Å². The number of nitrogens with zero attached hydrogens (tertiary/aromatic N) is 4. The monoisotopic (exact) mass is 409 g/mol. The van der Waals surface area contributed by atoms with Crippen molar-refractivity contribution in [3.63, 3.8) is 0 Å². The molecule has 5 rings (SSSR count). The topological polar surface area (TPSA) is 76.5 Å². The summed E-state index contributed by atoms with van der Waals surface area (Å²) in [4.78, 5) is 21.2. The van der Waals surface area contributed by atoms with Crippen molar-refractivity contribution in [2.24, 2.45) is 0 Å². The summed E-state index contributed by atoms with van der Waals surface area (Å²) in [7, 11) is 0. The summed E-state index contributed by atoms with van der Waals surface area (Å²) in [5.74, 6) is 2.32. The van der Waals surface area contributed by atoms with E-state index in [9.17, 15) is 4.79 Å². The van der Waals surface area contributed by atoms with Crippen LogP contribution >= 0.6 is 23.1 Å². The zero-order valence-corrected chi connectivity index (χ0v) is 16.9. The average Bonchev–Trinajstić information content (AvgIpc) is 3.24. The number of rotatable bonds is 4. The normalized spacial score (nSPS) is 14.1. The van der Waals surface area contributed by atoms with Crippen LogP contribution in [0.2, 0.25) is 0 Å². The number of thiophene rings is 1. The maximum absolute atomic E-state index is 12.8. The first-order chi connectivity index (χ1) is 13.8. The third kappa shape index (κ3) is 3.27. The maximum Gasteiger partial charge on any atom is 0.260 e. The molecule has 0 saturated carbocycles. The number of aromatic amines is 1. The Hall–Kier alpha value is -2.45. The summed E-state index contributed by atoms with van der Waals surface area (Å²) in [6, 6.07) is 9.96. The van der Waals surface area contributed by atoms with E-state index in [-0.39, 0.29) is 5.56 Å². The first kappa shape index (κ1) is 17.6. The van der Waals surface area contributed by atoms with Gasteiger partial charge in [0.1, 0.15) is 16.5 Å². The molecule has 0 saturated heterocycles. The van der Waals surface area contributed by atoms with E-state index in [1.807, 2.05) is 35.7 Å². The lowest BCUT2D eigenvalue weighted by Crippen LogP contribution is -2.11. The number of aromatic nitrogens is 5. The third-order valence-corrected chi connectivity index (χ3v) is 6.84. The minimum absolute atomic E-state index is 0.0826. The van der Waals surface area contributed by atoms with Gasteiger partial charge in [-0.3, -0.25) is 4.79 Å². The maximum atomic E-state index is 12.8. The van der Waals surface area contributed by atoms with Crippen molar-refractivity contribution in [3.8, 4) is 11.1 Å². The van der Waals surface area contributed by atoms with E-state index >= 15 is 0 Å². The Morgan fingerprint density at radius 2 is 2.04 bits per heavy atom. The van der Waals surface area contributed by atoms with E-state index in [0.717, 1.165) is 46.3 Å².